The second-order valence-corrected chi connectivity index (χ2v) is 7.24. The Morgan fingerprint density at radius 1 is 1.28 bits per heavy atom. The lowest BCUT2D eigenvalue weighted by Crippen LogP contribution is -2.45. The van der Waals surface area contributed by atoms with Crippen LogP contribution in [-0.4, -0.2) is 37.5 Å². The number of hydrogen-bond acceptors (Lipinski definition) is 7. The number of H-pyrrole nitrogens is 1. The van der Waals surface area contributed by atoms with Crippen LogP contribution in [0.5, 0.6) is 0 Å². The van der Waals surface area contributed by atoms with Gasteiger partial charge in [0, 0.05) is 23.7 Å². The SMILES string of the molecule is O=C(NN1C(=O)CSC1c1ccc([N+](=O)[O-])cc1)c1cc2cccnc2[nH]c1=O. The smallest absolute Gasteiger partial charge is 0.275 e. The van der Waals surface area contributed by atoms with E-state index in [9.17, 15) is 24.5 Å². The number of nitrogens with one attached hydrogen (secondary N) is 2. The number of thioether (sulfide) groups is 1. The first kappa shape index (κ1) is 18.6. The fraction of sp³-hybridized carbons (Fsp3) is 0.111. The van der Waals surface area contributed by atoms with Gasteiger partial charge < -0.3 is 4.98 Å². The van der Waals surface area contributed by atoms with E-state index in [1.165, 1.54) is 48.3 Å². The van der Waals surface area contributed by atoms with Crippen LogP contribution in [0.2, 0.25) is 0 Å². The van der Waals surface area contributed by atoms with Gasteiger partial charge in [-0.25, -0.2) is 9.99 Å². The number of rotatable bonds is 4. The molecule has 4 rings (SSSR count). The number of carbonyl (C=O) groups excluding carboxylic acids is 2. The molecule has 1 aliphatic heterocycles. The summed E-state index contributed by atoms with van der Waals surface area (Å²) in [6.07, 6.45) is 1.52. The van der Waals surface area contributed by atoms with Crippen LogP contribution in [0.1, 0.15) is 21.3 Å². The van der Waals surface area contributed by atoms with Crippen LogP contribution in [0.15, 0.2) is 53.5 Å². The summed E-state index contributed by atoms with van der Waals surface area (Å²) in [5.74, 6) is -0.953. The van der Waals surface area contributed by atoms with Gasteiger partial charge >= 0.3 is 0 Å². The van der Waals surface area contributed by atoms with Gasteiger partial charge in [0.1, 0.15) is 16.6 Å². The predicted molar refractivity (Wildman–Crippen MR) is 105 cm³/mol. The van der Waals surface area contributed by atoms with Crippen molar-refractivity contribution in [3.05, 3.63) is 80.3 Å². The van der Waals surface area contributed by atoms with Crippen LogP contribution in [0, 0.1) is 10.1 Å². The highest BCUT2D eigenvalue weighted by molar-refractivity contribution is 8.00. The molecule has 2 amide bonds. The van der Waals surface area contributed by atoms with E-state index >= 15 is 0 Å². The van der Waals surface area contributed by atoms with E-state index < -0.39 is 21.8 Å². The van der Waals surface area contributed by atoms with Gasteiger partial charge in [0.2, 0.25) is 0 Å². The zero-order chi connectivity index (χ0) is 20.5. The Kier molecular flexibility index (Phi) is 4.72. The number of fused-ring (bicyclic) bond motifs is 1. The van der Waals surface area contributed by atoms with E-state index in [0.717, 1.165) is 5.01 Å². The zero-order valence-electron chi connectivity index (χ0n) is 14.7. The number of non-ortho nitro benzene ring substituents is 1. The molecule has 2 aromatic heterocycles. The van der Waals surface area contributed by atoms with Crippen LogP contribution in [0.4, 0.5) is 5.69 Å². The number of benzene rings is 1. The molecule has 1 fully saturated rings. The molecule has 2 N–H and O–H groups in total. The Hall–Kier alpha value is -3.73. The number of nitrogens with zero attached hydrogens (tertiary/aromatic N) is 3. The molecular weight excluding hydrogens is 398 g/mol. The number of amides is 2. The van der Waals surface area contributed by atoms with E-state index in [1.807, 2.05) is 0 Å². The van der Waals surface area contributed by atoms with Gasteiger partial charge in [0.15, 0.2) is 0 Å². The molecule has 1 aliphatic rings. The Balaban J connectivity index is 1.60. The lowest BCUT2D eigenvalue weighted by molar-refractivity contribution is -0.384. The van der Waals surface area contributed by atoms with Gasteiger partial charge in [0.05, 0.1) is 10.7 Å². The minimum atomic E-state index is -0.736. The monoisotopic (exact) mass is 411 g/mol. The predicted octanol–water partition coefficient (Wildman–Crippen LogP) is 1.75. The fourth-order valence-corrected chi connectivity index (χ4v) is 4.03. The molecule has 1 saturated heterocycles. The maximum Gasteiger partial charge on any atom is 0.275 e. The van der Waals surface area contributed by atoms with Crippen LogP contribution in [-0.2, 0) is 4.79 Å². The molecule has 1 atom stereocenters. The van der Waals surface area contributed by atoms with Crippen molar-refractivity contribution >= 4 is 40.3 Å². The van der Waals surface area contributed by atoms with E-state index in [4.69, 9.17) is 0 Å². The van der Waals surface area contributed by atoms with Crippen molar-refractivity contribution in [2.24, 2.45) is 0 Å². The van der Waals surface area contributed by atoms with E-state index in [1.54, 1.807) is 12.1 Å². The summed E-state index contributed by atoms with van der Waals surface area (Å²) in [6, 6.07) is 10.5. The van der Waals surface area contributed by atoms with Gasteiger partial charge in [-0.15, -0.1) is 11.8 Å². The number of pyridine rings is 2. The molecule has 1 aromatic carbocycles. The normalized spacial score (nSPS) is 16.2. The molecule has 0 bridgehead atoms. The maximum absolute atomic E-state index is 12.7. The summed E-state index contributed by atoms with van der Waals surface area (Å²) in [6.45, 7) is 0. The summed E-state index contributed by atoms with van der Waals surface area (Å²) < 4.78 is 0. The summed E-state index contributed by atoms with van der Waals surface area (Å²) in [7, 11) is 0. The average molecular weight is 411 g/mol. The molecule has 0 spiro atoms. The summed E-state index contributed by atoms with van der Waals surface area (Å²) in [5, 5.41) is 12.0. The second kappa shape index (κ2) is 7.36. The molecule has 0 aliphatic carbocycles. The summed E-state index contributed by atoms with van der Waals surface area (Å²) >= 11 is 1.27. The number of aromatic amines is 1. The quantitative estimate of drug-likeness (QED) is 0.493. The van der Waals surface area contributed by atoms with E-state index in [-0.39, 0.29) is 22.9 Å². The molecular formula is C18H13N5O5S. The Morgan fingerprint density at radius 2 is 2.03 bits per heavy atom. The van der Waals surface area contributed by atoms with Crippen LogP contribution in [0.25, 0.3) is 11.0 Å². The molecule has 0 saturated carbocycles. The van der Waals surface area contributed by atoms with Gasteiger partial charge in [-0.05, 0) is 35.9 Å². The highest BCUT2D eigenvalue weighted by Crippen LogP contribution is 2.37. The molecule has 11 heteroatoms. The highest BCUT2D eigenvalue weighted by atomic mass is 32.2. The first-order valence-electron chi connectivity index (χ1n) is 8.41. The largest absolute Gasteiger partial charge is 0.306 e. The van der Waals surface area contributed by atoms with Crippen molar-refractivity contribution in [1.82, 2.24) is 20.4 Å². The first-order valence-corrected chi connectivity index (χ1v) is 9.46. The summed E-state index contributed by atoms with van der Waals surface area (Å²) in [4.78, 5) is 54.1. The standard InChI is InChI=1S/C18H13N5O5S/c24-14-9-29-18(10-3-5-12(6-4-10)23(27)28)22(14)21-17(26)13-8-11-2-1-7-19-15(11)20-16(13)25/h1-8,18H,9H2,(H,21,26)(H,19,20,25). The molecule has 10 nitrogen and oxygen atoms in total. The topological polar surface area (TPSA) is 138 Å². The molecule has 1 unspecified atom stereocenters. The van der Waals surface area contributed by atoms with E-state index in [2.05, 4.69) is 15.4 Å². The minimum absolute atomic E-state index is 0.0741. The van der Waals surface area contributed by atoms with Crippen molar-refractivity contribution in [2.45, 2.75) is 5.37 Å². The average Bonchev–Trinajstić information content (AvgIpc) is 3.07. The summed E-state index contributed by atoms with van der Waals surface area (Å²) in [5.41, 5.74) is 2.60. The molecule has 146 valence electrons. The molecule has 3 heterocycles. The first-order chi connectivity index (χ1) is 13.9. The maximum atomic E-state index is 12.7. The van der Waals surface area contributed by atoms with Gasteiger partial charge in [-0.3, -0.25) is 29.9 Å². The van der Waals surface area contributed by atoms with Crippen molar-refractivity contribution in [3.8, 4) is 0 Å². The Morgan fingerprint density at radius 3 is 2.76 bits per heavy atom. The third-order valence-electron chi connectivity index (χ3n) is 4.34. The third-order valence-corrected chi connectivity index (χ3v) is 5.55. The number of nitro benzene ring substituents is 1. The van der Waals surface area contributed by atoms with Gasteiger partial charge in [-0.2, -0.15) is 0 Å². The van der Waals surface area contributed by atoms with Gasteiger partial charge in [0.25, 0.3) is 23.1 Å². The highest BCUT2D eigenvalue weighted by Gasteiger charge is 2.35. The minimum Gasteiger partial charge on any atom is -0.306 e. The van der Waals surface area contributed by atoms with Crippen molar-refractivity contribution in [2.75, 3.05) is 5.75 Å². The van der Waals surface area contributed by atoms with Crippen LogP contribution in [0.3, 0.4) is 0 Å². The lowest BCUT2D eigenvalue weighted by atomic mass is 10.2. The molecule has 29 heavy (non-hydrogen) atoms. The van der Waals surface area contributed by atoms with Crippen molar-refractivity contribution in [3.63, 3.8) is 0 Å². The number of carbonyl (C=O) groups is 2. The van der Waals surface area contributed by atoms with Crippen LogP contribution < -0.4 is 11.0 Å². The molecule has 0 radical (unpaired) electrons. The number of aromatic nitrogens is 2. The van der Waals surface area contributed by atoms with Crippen molar-refractivity contribution in [1.29, 1.82) is 0 Å². The Labute approximate surface area is 167 Å². The zero-order valence-corrected chi connectivity index (χ0v) is 15.5. The Bertz CT molecular complexity index is 1190. The fourth-order valence-electron chi connectivity index (χ4n) is 2.92. The van der Waals surface area contributed by atoms with E-state index in [0.29, 0.717) is 16.6 Å². The number of hydrazine groups is 1. The third kappa shape index (κ3) is 3.55. The number of nitro groups is 1. The van der Waals surface area contributed by atoms with Crippen molar-refractivity contribution < 1.29 is 14.5 Å². The lowest BCUT2D eigenvalue weighted by Gasteiger charge is -2.24. The number of hydrogen-bond donors (Lipinski definition) is 2. The van der Waals surface area contributed by atoms with Gasteiger partial charge in [-0.1, -0.05) is 0 Å². The van der Waals surface area contributed by atoms with Crippen LogP contribution >= 0.6 is 11.8 Å². The molecule has 3 aromatic rings. The second-order valence-electron chi connectivity index (χ2n) is 6.17.